The molecule has 0 saturated carbocycles. The van der Waals surface area contributed by atoms with Gasteiger partial charge in [0.05, 0.1) is 9.40 Å². The minimum absolute atomic E-state index is 0.433. The number of hydrogen-bond donors (Lipinski definition) is 0. The van der Waals surface area contributed by atoms with Gasteiger partial charge in [-0.3, -0.25) is 0 Å². The molecule has 104 valence electrons. The van der Waals surface area contributed by atoms with E-state index in [1.54, 1.807) is 34.1 Å². The number of thiophene rings is 4. The molecule has 0 aliphatic carbocycles. The van der Waals surface area contributed by atoms with Gasteiger partial charge < -0.3 is 0 Å². The van der Waals surface area contributed by atoms with Crippen LogP contribution in [0.4, 0.5) is 8.78 Å². The number of hydrogen-bond acceptors (Lipinski definition) is 4. The van der Waals surface area contributed by atoms with E-state index in [1.165, 1.54) is 11.3 Å². The molecule has 0 N–H and O–H groups in total. The summed E-state index contributed by atoms with van der Waals surface area (Å²) in [6, 6.07) is 9.79. The molecule has 4 aromatic rings. The van der Waals surface area contributed by atoms with E-state index in [2.05, 4.69) is 0 Å². The van der Waals surface area contributed by atoms with Gasteiger partial charge in [-0.25, -0.2) is 4.39 Å². The third kappa shape index (κ3) is 4.49. The molecule has 4 heterocycles. The summed E-state index contributed by atoms with van der Waals surface area (Å²) in [6.45, 7) is 0. The molecule has 0 spiro atoms. The second-order valence-corrected chi connectivity index (χ2v) is 6.94. The van der Waals surface area contributed by atoms with Crippen LogP contribution < -0.4 is 0 Å². The van der Waals surface area contributed by atoms with Gasteiger partial charge in [-0.15, -0.1) is 22.7 Å². The van der Waals surface area contributed by atoms with E-state index in [-0.39, 0.29) is 0 Å². The van der Waals surface area contributed by atoms with Crippen molar-refractivity contribution >= 4 is 54.7 Å². The molecule has 0 amide bonds. The third-order valence-corrected chi connectivity index (χ3v) is 5.26. The molecular weight excluding hydrogens is 334 g/mol. The summed E-state index contributed by atoms with van der Waals surface area (Å²) in [5.41, 5.74) is 0. The number of rotatable bonds is 0. The molecule has 4 aromatic heterocycles. The lowest BCUT2D eigenvalue weighted by molar-refractivity contribution is 0.539. The van der Waals surface area contributed by atoms with Crippen molar-refractivity contribution in [3.8, 4) is 0 Å². The fourth-order valence-corrected chi connectivity index (χ4v) is 3.97. The van der Waals surface area contributed by atoms with Crippen molar-refractivity contribution < 1.29 is 8.78 Å². The molecule has 0 aromatic carbocycles. The predicted molar refractivity (Wildman–Crippen MR) is 88.3 cm³/mol. The van der Waals surface area contributed by atoms with E-state index >= 15 is 0 Å². The van der Waals surface area contributed by atoms with Crippen LogP contribution in [0.25, 0.3) is 9.40 Å². The standard InChI is InChI=1S/C6H2F2S2.2C4H4S/c7-4-5-3(1-2-9-5)10-6(4)8;2*1-2-4-5-3-1/h1-2H;2*1-4H. The van der Waals surface area contributed by atoms with Gasteiger partial charge in [0.15, 0.2) is 5.82 Å². The Labute approximate surface area is 131 Å². The summed E-state index contributed by atoms with van der Waals surface area (Å²) in [5, 5.41) is 9.21. The fourth-order valence-electron chi connectivity index (χ4n) is 1.22. The Balaban J connectivity index is 0.000000124. The summed E-state index contributed by atoms with van der Waals surface area (Å²) in [6.07, 6.45) is 0. The lowest BCUT2D eigenvalue weighted by atomic mass is 10.5. The van der Waals surface area contributed by atoms with Crippen molar-refractivity contribution in [2.75, 3.05) is 0 Å². The van der Waals surface area contributed by atoms with Crippen LogP contribution >= 0.6 is 45.3 Å². The molecule has 0 saturated heterocycles. The Morgan fingerprint density at radius 3 is 1.70 bits per heavy atom. The monoisotopic (exact) mass is 344 g/mol. The quantitative estimate of drug-likeness (QED) is 0.331. The van der Waals surface area contributed by atoms with Crippen LogP contribution in [0, 0.1) is 10.9 Å². The summed E-state index contributed by atoms with van der Waals surface area (Å²) in [4.78, 5) is 0. The van der Waals surface area contributed by atoms with Crippen LogP contribution in [0.5, 0.6) is 0 Å². The SMILES string of the molecule is Fc1sc2ccsc2c1F.c1ccsc1.c1ccsc1. The van der Waals surface area contributed by atoms with Crippen molar-refractivity contribution in [1.82, 2.24) is 0 Å². The average molecular weight is 344 g/mol. The highest BCUT2D eigenvalue weighted by Crippen LogP contribution is 2.32. The average Bonchev–Trinajstić information content (AvgIpc) is 3.20. The zero-order valence-corrected chi connectivity index (χ0v) is 13.4. The lowest BCUT2D eigenvalue weighted by Crippen LogP contribution is -1.66. The smallest absolute Gasteiger partial charge is 0.201 e. The Kier molecular flexibility index (Phi) is 6.32. The van der Waals surface area contributed by atoms with Gasteiger partial charge in [-0.2, -0.15) is 27.1 Å². The van der Waals surface area contributed by atoms with Gasteiger partial charge in [0.2, 0.25) is 5.13 Å². The van der Waals surface area contributed by atoms with Crippen LogP contribution in [0.15, 0.2) is 57.2 Å². The summed E-state index contributed by atoms with van der Waals surface area (Å²) >= 11 is 5.51. The van der Waals surface area contributed by atoms with E-state index in [0.29, 0.717) is 9.40 Å². The van der Waals surface area contributed by atoms with E-state index in [9.17, 15) is 8.78 Å². The van der Waals surface area contributed by atoms with Crippen LogP contribution in [-0.4, -0.2) is 0 Å². The Bertz CT molecular complexity index is 632. The van der Waals surface area contributed by atoms with Crippen LogP contribution in [0.3, 0.4) is 0 Å². The lowest BCUT2D eigenvalue weighted by Gasteiger charge is -1.74. The molecule has 0 nitrogen and oxygen atoms in total. The normalized spacial score (nSPS) is 9.50. The second-order valence-electron chi connectivity index (χ2n) is 3.39. The first-order valence-corrected chi connectivity index (χ1v) is 9.12. The Hall–Kier alpha value is -1.08. The largest absolute Gasteiger partial charge is 0.214 e. The van der Waals surface area contributed by atoms with Crippen molar-refractivity contribution in [2.45, 2.75) is 0 Å². The van der Waals surface area contributed by atoms with Crippen LogP contribution in [0.2, 0.25) is 0 Å². The molecule has 0 fully saturated rings. The van der Waals surface area contributed by atoms with E-state index in [1.807, 2.05) is 45.8 Å². The highest BCUT2D eigenvalue weighted by atomic mass is 32.1. The fraction of sp³-hybridized carbons (Fsp3) is 0. The maximum Gasteiger partial charge on any atom is 0.214 e. The van der Waals surface area contributed by atoms with E-state index < -0.39 is 10.9 Å². The van der Waals surface area contributed by atoms with Crippen LogP contribution in [-0.2, 0) is 0 Å². The zero-order chi connectivity index (χ0) is 14.2. The summed E-state index contributed by atoms with van der Waals surface area (Å²) in [7, 11) is 0. The van der Waals surface area contributed by atoms with E-state index in [0.717, 1.165) is 11.3 Å². The maximum absolute atomic E-state index is 12.6. The van der Waals surface area contributed by atoms with Crippen molar-refractivity contribution in [2.24, 2.45) is 0 Å². The highest BCUT2D eigenvalue weighted by molar-refractivity contribution is 7.26. The first-order valence-electron chi connectivity index (χ1n) is 5.54. The molecule has 0 atom stereocenters. The third-order valence-electron chi connectivity index (χ3n) is 2.05. The molecule has 6 heteroatoms. The Morgan fingerprint density at radius 2 is 1.30 bits per heavy atom. The summed E-state index contributed by atoms with van der Waals surface area (Å²) < 4.78 is 26.2. The van der Waals surface area contributed by atoms with Gasteiger partial charge in [0.1, 0.15) is 0 Å². The van der Waals surface area contributed by atoms with Gasteiger partial charge >= 0.3 is 0 Å². The predicted octanol–water partition coefficient (Wildman–Crippen LogP) is 6.74. The van der Waals surface area contributed by atoms with Crippen molar-refractivity contribution in [1.29, 1.82) is 0 Å². The Morgan fingerprint density at radius 1 is 0.750 bits per heavy atom. The zero-order valence-electron chi connectivity index (χ0n) is 10.2. The van der Waals surface area contributed by atoms with Crippen LogP contribution in [0.1, 0.15) is 0 Å². The molecule has 0 aliphatic heterocycles. The molecule has 0 unspecified atom stereocenters. The molecule has 0 radical (unpaired) electrons. The summed E-state index contributed by atoms with van der Waals surface area (Å²) in [5.74, 6) is -0.699. The number of halogens is 2. The molecule has 0 bridgehead atoms. The van der Waals surface area contributed by atoms with E-state index in [4.69, 9.17) is 0 Å². The molecule has 0 aliphatic rings. The van der Waals surface area contributed by atoms with Gasteiger partial charge in [0.25, 0.3) is 0 Å². The topological polar surface area (TPSA) is 0 Å². The van der Waals surface area contributed by atoms with Crippen molar-refractivity contribution in [3.63, 3.8) is 0 Å². The van der Waals surface area contributed by atoms with Gasteiger partial charge in [0, 0.05) is 0 Å². The number of fused-ring (bicyclic) bond motifs is 1. The minimum atomic E-state index is -0.707. The minimum Gasteiger partial charge on any atom is -0.201 e. The molecular formula is C14H10F2S4. The second kappa shape index (κ2) is 8.26. The first kappa shape index (κ1) is 15.3. The highest BCUT2D eigenvalue weighted by Gasteiger charge is 2.11. The maximum atomic E-state index is 12.6. The van der Waals surface area contributed by atoms with Crippen molar-refractivity contribution in [3.05, 3.63) is 68.2 Å². The van der Waals surface area contributed by atoms with Gasteiger partial charge in [-0.1, -0.05) is 24.3 Å². The van der Waals surface area contributed by atoms with Gasteiger partial charge in [-0.05, 0) is 33.0 Å². The molecule has 20 heavy (non-hydrogen) atoms. The molecule has 4 rings (SSSR count). The first-order chi connectivity index (χ1) is 9.79.